The summed E-state index contributed by atoms with van der Waals surface area (Å²) < 4.78 is 16.4. The van der Waals surface area contributed by atoms with E-state index in [4.69, 9.17) is 37.1 Å². The molecule has 190 valence electrons. The van der Waals surface area contributed by atoms with Crippen molar-refractivity contribution in [1.29, 1.82) is 0 Å². The molecule has 1 N–H and O–H groups in total. The van der Waals surface area contributed by atoms with E-state index in [-0.39, 0.29) is 24.4 Å². The number of carbonyl (C=O) groups is 1. The number of benzene rings is 3. The van der Waals surface area contributed by atoms with E-state index < -0.39 is 0 Å². The van der Waals surface area contributed by atoms with Gasteiger partial charge in [0.2, 0.25) is 12.7 Å². The van der Waals surface area contributed by atoms with Crippen molar-refractivity contribution in [2.75, 3.05) is 6.79 Å². The molecule has 1 aromatic heterocycles. The van der Waals surface area contributed by atoms with E-state index in [1.54, 1.807) is 6.07 Å². The van der Waals surface area contributed by atoms with Gasteiger partial charge in [0, 0.05) is 19.1 Å². The summed E-state index contributed by atoms with van der Waals surface area (Å²) in [7, 11) is 0. The molecule has 0 spiro atoms. The first-order valence-corrected chi connectivity index (χ1v) is 12.6. The Morgan fingerprint density at radius 3 is 2.57 bits per heavy atom. The Bertz CT molecular complexity index is 1390. The highest BCUT2D eigenvalue weighted by atomic mass is 35.5. The van der Waals surface area contributed by atoms with Gasteiger partial charge in [-0.05, 0) is 47.9 Å². The lowest BCUT2D eigenvalue weighted by Gasteiger charge is -2.28. The summed E-state index contributed by atoms with van der Waals surface area (Å²) in [5.41, 5.74) is 3.27. The van der Waals surface area contributed by atoms with E-state index in [0.717, 1.165) is 16.7 Å². The number of hydrogen-bond acceptors (Lipinski definition) is 6. The Morgan fingerprint density at radius 1 is 0.973 bits per heavy atom. The van der Waals surface area contributed by atoms with Gasteiger partial charge in [-0.3, -0.25) is 9.69 Å². The molecule has 0 radical (unpaired) electrons. The molecule has 7 nitrogen and oxygen atoms in total. The van der Waals surface area contributed by atoms with Crippen LogP contribution in [0.1, 0.15) is 46.0 Å². The van der Waals surface area contributed by atoms with Gasteiger partial charge in [-0.1, -0.05) is 65.7 Å². The Kier molecular flexibility index (Phi) is 7.65. The normalized spacial score (nSPS) is 13.1. The van der Waals surface area contributed by atoms with Crippen LogP contribution in [0, 0.1) is 0 Å². The highest BCUT2D eigenvalue weighted by molar-refractivity contribution is 6.42. The third-order valence-corrected chi connectivity index (χ3v) is 6.95. The summed E-state index contributed by atoms with van der Waals surface area (Å²) in [4.78, 5) is 19.4. The van der Waals surface area contributed by atoms with E-state index in [1.807, 2.05) is 48.5 Å². The lowest BCUT2D eigenvalue weighted by Crippen LogP contribution is -2.27. The van der Waals surface area contributed by atoms with E-state index >= 15 is 0 Å². The number of nitrogens with one attached hydrogen (secondary N) is 1. The van der Waals surface area contributed by atoms with Crippen LogP contribution in [-0.2, 0) is 19.6 Å². The molecular formula is C28H25Cl2N3O4. The molecule has 0 aliphatic carbocycles. The summed E-state index contributed by atoms with van der Waals surface area (Å²) in [6.45, 7) is 3.63. The quantitative estimate of drug-likeness (QED) is 0.266. The second kappa shape index (κ2) is 11.3. The second-order valence-electron chi connectivity index (χ2n) is 8.74. The minimum atomic E-state index is -0.320. The Hall–Kier alpha value is -3.52. The smallest absolute Gasteiger partial charge is 0.273 e. The molecule has 2 heterocycles. The number of oxazole rings is 1. The number of fused-ring (bicyclic) bond motifs is 1. The number of carbonyl (C=O) groups excluding carboxylic acids is 1. The van der Waals surface area contributed by atoms with Crippen LogP contribution in [0.3, 0.4) is 0 Å². The van der Waals surface area contributed by atoms with Crippen molar-refractivity contribution in [3.05, 3.63) is 111 Å². The number of ether oxygens (including phenoxy) is 2. The lowest BCUT2D eigenvalue weighted by atomic mass is 10.1. The van der Waals surface area contributed by atoms with Gasteiger partial charge in [-0.25, -0.2) is 4.98 Å². The first-order chi connectivity index (χ1) is 18.0. The number of hydrogen-bond donors (Lipinski definition) is 1. The van der Waals surface area contributed by atoms with Crippen LogP contribution in [0.25, 0.3) is 0 Å². The molecule has 37 heavy (non-hydrogen) atoms. The van der Waals surface area contributed by atoms with E-state index in [0.29, 0.717) is 47.1 Å². The molecule has 5 rings (SSSR count). The fraction of sp³-hybridized carbons (Fsp3) is 0.214. The first-order valence-electron chi connectivity index (χ1n) is 11.8. The van der Waals surface area contributed by atoms with Crippen LogP contribution < -0.4 is 14.8 Å². The van der Waals surface area contributed by atoms with Crippen LogP contribution >= 0.6 is 23.2 Å². The fourth-order valence-corrected chi connectivity index (χ4v) is 4.45. The minimum absolute atomic E-state index is 0.0471. The number of rotatable bonds is 9. The Morgan fingerprint density at radius 2 is 1.76 bits per heavy atom. The predicted octanol–water partition coefficient (Wildman–Crippen LogP) is 6.40. The van der Waals surface area contributed by atoms with Crippen molar-refractivity contribution in [3.8, 4) is 11.5 Å². The molecule has 1 atom stereocenters. The monoisotopic (exact) mass is 537 g/mol. The second-order valence-corrected chi connectivity index (χ2v) is 9.55. The standard InChI is InChI=1S/C28H25Cl2N3O4/c1-18(21-5-3-2-4-6-21)33(14-20-7-9-22(29)23(30)11-20)15-27-32-24(16-35-27)28(34)31-13-19-8-10-25-26(12-19)37-17-36-25/h2-12,16,18H,13-15,17H2,1H3,(H,31,34). The van der Waals surface area contributed by atoms with Crippen molar-refractivity contribution in [2.24, 2.45) is 0 Å². The summed E-state index contributed by atoms with van der Waals surface area (Å²) >= 11 is 12.4. The van der Waals surface area contributed by atoms with Crippen molar-refractivity contribution >= 4 is 29.1 Å². The number of aromatic nitrogens is 1. The average Bonchev–Trinajstić information content (AvgIpc) is 3.58. The predicted molar refractivity (Wildman–Crippen MR) is 141 cm³/mol. The van der Waals surface area contributed by atoms with Crippen molar-refractivity contribution < 1.29 is 18.7 Å². The van der Waals surface area contributed by atoms with Gasteiger partial charge in [-0.15, -0.1) is 0 Å². The maximum Gasteiger partial charge on any atom is 0.273 e. The maximum absolute atomic E-state index is 12.7. The molecule has 4 aromatic rings. The fourth-order valence-electron chi connectivity index (χ4n) is 4.13. The third kappa shape index (κ3) is 6.07. The highest BCUT2D eigenvalue weighted by Gasteiger charge is 2.21. The maximum atomic E-state index is 12.7. The molecule has 1 aliphatic heterocycles. The highest BCUT2D eigenvalue weighted by Crippen LogP contribution is 2.32. The number of halogens is 2. The summed E-state index contributed by atoms with van der Waals surface area (Å²) in [6, 6.07) is 21.4. The molecule has 1 unspecified atom stereocenters. The van der Waals surface area contributed by atoms with Crippen molar-refractivity contribution in [3.63, 3.8) is 0 Å². The van der Waals surface area contributed by atoms with E-state index in [9.17, 15) is 4.79 Å². The van der Waals surface area contributed by atoms with Crippen LogP contribution in [0.2, 0.25) is 10.0 Å². The van der Waals surface area contributed by atoms with Gasteiger partial charge in [0.15, 0.2) is 17.2 Å². The molecule has 0 bridgehead atoms. The van der Waals surface area contributed by atoms with Crippen molar-refractivity contribution in [2.45, 2.75) is 32.6 Å². The van der Waals surface area contributed by atoms with Crippen LogP contribution in [0.5, 0.6) is 11.5 Å². The summed E-state index contributed by atoms with van der Waals surface area (Å²) in [5, 5.41) is 3.89. The van der Waals surface area contributed by atoms with E-state index in [1.165, 1.54) is 6.26 Å². The minimum Gasteiger partial charge on any atom is -0.454 e. The zero-order chi connectivity index (χ0) is 25.8. The third-order valence-electron chi connectivity index (χ3n) is 6.21. The van der Waals surface area contributed by atoms with Gasteiger partial charge < -0.3 is 19.2 Å². The molecule has 1 aliphatic rings. The molecule has 1 amide bonds. The topological polar surface area (TPSA) is 76.8 Å². The van der Waals surface area contributed by atoms with Gasteiger partial charge >= 0.3 is 0 Å². The van der Waals surface area contributed by atoms with Gasteiger partial charge in [0.25, 0.3) is 5.91 Å². The molecule has 0 saturated carbocycles. The van der Waals surface area contributed by atoms with Gasteiger partial charge in [0.05, 0.1) is 16.6 Å². The zero-order valence-electron chi connectivity index (χ0n) is 20.1. The molecule has 0 fully saturated rings. The molecule has 3 aromatic carbocycles. The van der Waals surface area contributed by atoms with Crippen LogP contribution in [0.4, 0.5) is 0 Å². The lowest BCUT2D eigenvalue weighted by molar-refractivity contribution is 0.0945. The van der Waals surface area contributed by atoms with Crippen LogP contribution in [-0.4, -0.2) is 22.6 Å². The number of nitrogens with zero attached hydrogens (tertiary/aromatic N) is 2. The van der Waals surface area contributed by atoms with Crippen molar-refractivity contribution in [1.82, 2.24) is 15.2 Å². The number of amides is 1. The Balaban J connectivity index is 1.28. The van der Waals surface area contributed by atoms with Gasteiger partial charge in [-0.2, -0.15) is 0 Å². The van der Waals surface area contributed by atoms with E-state index in [2.05, 4.69) is 34.3 Å². The molecular weight excluding hydrogens is 513 g/mol. The largest absolute Gasteiger partial charge is 0.454 e. The summed E-state index contributed by atoms with van der Waals surface area (Å²) in [6.07, 6.45) is 1.38. The first kappa shape index (κ1) is 25.1. The SMILES string of the molecule is CC(c1ccccc1)N(Cc1ccc(Cl)c(Cl)c1)Cc1nc(C(=O)NCc2ccc3c(c2)OCO3)co1. The molecule has 0 saturated heterocycles. The Labute approximate surface area is 224 Å². The molecule has 9 heteroatoms. The van der Waals surface area contributed by atoms with Crippen LogP contribution in [0.15, 0.2) is 77.4 Å². The van der Waals surface area contributed by atoms with Gasteiger partial charge in [0.1, 0.15) is 6.26 Å². The summed E-state index contributed by atoms with van der Waals surface area (Å²) in [5.74, 6) is 1.49. The average molecular weight is 538 g/mol. The zero-order valence-corrected chi connectivity index (χ0v) is 21.6.